The molecule has 0 unspecified atom stereocenters. The SMILES string of the molecule is Cc1ccc(-c2c(CCCCP(=O)(O)O)c(C)nc3sc4c(c23)CCCC4)cc1. The first kappa shape index (κ1) is 20.7. The number of pyridine rings is 1. The topological polar surface area (TPSA) is 70.4 Å². The third kappa shape index (κ3) is 4.49. The zero-order valence-corrected chi connectivity index (χ0v) is 18.8. The highest BCUT2D eigenvalue weighted by atomic mass is 32.1. The molecule has 0 amide bonds. The van der Waals surface area contributed by atoms with E-state index in [9.17, 15) is 14.4 Å². The first-order chi connectivity index (χ1) is 13.8. The van der Waals surface area contributed by atoms with Crippen molar-refractivity contribution >= 4 is 29.1 Å². The Morgan fingerprint density at radius 1 is 1.07 bits per heavy atom. The van der Waals surface area contributed by atoms with E-state index in [1.165, 1.54) is 50.9 Å². The maximum atomic E-state index is 11.2. The monoisotopic (exact) mass is 429 g/mol. The fourth-order valence-corrected chi connectivity index (χ4v) is 6.36. The van der Waals surface area contributed by atoms with Gasteiger partial charge in [0.15, 0.2) is 0 Å². The number of aryl methyl sites for hydroxylation is 4. The van der Waals surface area contributed by atoms with Crippen molar-refractivity contribution in [2.75, 3.05) is 6.16 Å². The molecule has 0 atom stereocenters. The number of benzene rings is 1. The summed E-state index contributed by atoms with van der Waals surface area (Å²) in [4.78, 5) is 26.0. The van der Waals surface area contributed by atoms with Crippen LogP contribution in [0.1, 0.15) is 52.9 Å². The Morgan fingerprint density at radius 3 is 2.52 bits per heavy atom. The molecule has 0 spiro atoms. The summed E-state index contributed by atoms with van der Waals surface area (Å²) in [5, 5.41) is 1.32. The van der Waals surface area contributed by atoms with Crippen molar-refractivity contribution < 1.29 is 14.4 Å². The molecule has 3 aromatic rings. The van der Waals surface area contributed by atoms with E-state index in [0.717, 1.165) is 36.2 Å². The molecule has 0 radical (unpaired) electrons. The van der Waals surface area contributed by atoms with Crippen LogP contribution in [0, 0.1) is 13.8 Å². The second kappa shape index (κ2) is 8.31. The van der Waals surface area contributed by atoms with E-state index < -0.39 is 7.60 Å². The first-order valence-corrected chi connectivity index (χ1v) is 13.0. The van der Waals surface area contributed by atoms with Crippen LogP contribution in [0.25, 0.3) is 21.3 Å². The number of rotatable bonds is 6. The van der Waals surface area contributed by atoms with Crippen molar-refractivity contribution in [3.8, 4) is 11.1 Å². The number of thiophene rings is 1. The molecule has 4 rings (SSSR count). The predicted octanol–water partition coefficient (Wildman–Crippen LogP) is 5.96. The highest BCUT2D eigenvalue weighted by Gasteiger charge is 2.23. The second-order valence-corrected chi connectivity index (χ2v) is 11.0. The van der Waals surface area contributed by atoms with Gasteiger partial charge in [-0.05, 0) is 81.0 Å². The van der Waals surface area contributed by atoms with Crippen LogP contribution in [0.5, 0.6) is 0 Å². The van der Waals surface area contributed by atoms with Gasteiger partial charge in [0.2, 0.25) is 0 Å². The Hall–Kier alpha value is -1.52. The van der Waals surface area contributed by atoms with Gasteiger partial charge < -0.3 is 9.79 Å². The summed E-state index contributed by atoms with van der Waals surface area (Å²) >= 11 is 1.85. The number of nitrogens with zero attached hydrogens (tertiary/aromatic N) is 1. The average molecular weight is 430 g/mol. The van der Waals surface area contributed by atoms with Crippen LogP contribution in [0.4, 0.5) is 0 Å². The van der Waals surface area contributed by atoms with Crippen molar-refractivity contribution in [1.29, 1.82) is 0 Å². The fourth-order valence-electron chi connectivity index (χ4n) is 4.40. The van der Waals surface area contributed by atoms with Gasteiger partial charge in [-0.3, -0.25) is 4.57 Å². The summed E-state index contributed by atoms with van der Waals surface area (Å²) in [7, 11) is -3.93. The molecule has 0 saturated carbocycles. The Balaban J connectivity index is 1.82. The van der Waals surface area contributed by atoms with E-state index in [2.05, 4.69) is 38.1 Å². The van der Waals surface area contributed by atoms with Gasteiger partial charge >= 0.3 is 7.60 Å². The molecule has 2 heterocycles. The lowest BCUT2D eigenvalue weighted by atomic mass is 9.88. The lowest BCUT2D eigenvalue weighted by Gasteiger charge is -2.17. The zero-order valence-electron chi connectivity index (χ0n) is 17.1. The summed E-state index contributed by atoms with van der Waals surface area (Å²) < 4.78 is 11.2. The van der Waals surface area contributed by atoms with E-state index in [4.69, 9.17) is 4.98 Å². The standard InChI is InChI=1S/C23H28NO3PS/c1-15-10-12-17(13-11-15)21-18(7-5-6-14-28(25,26)27)16(2)24-23-22(21)19-8-3-4-9-20(19)29-23/h10-13H,3-9,14H2,1-2H3,(H2,25,26,27). The van der Waals surface area contributed by atoms with Gasteiger partial charge in [-0.25, -0.2) is 4.98 Å². The van der Waals surface area contributed by atoms with Crippen LogP contribution in [-0.4, -0.2) is 20.9 Å². The van der Waals surface area contributed by atoms with Gasteiger partial charge in [-0.1, -0.05) is 29.8 Å². The van der Waals surface area contributed by atoms with Crippen LogP contribution >= 0.6 is 18.9 Å². The number of aromatic nitrogens is 1. The molecule has 6 heteroatoms. The third-order valence-corrected chi connectivity index (χ3v) is 7.96. The molecule has 29 heavy (non-hydrogen) atoms. The first-order valence-electron chi connectivity index (χ1n) is 10.4. The van der Waals surface area contributed by atoms with Gasteiger partial charge in [0.1, 0.15) is 4.83 Å². The molecule has 0 fully saturated rings. The van der Waals surface area contributed by atoms with Crippen LogP contribution in [0.15, 0.2) is 24.3 Å². The molecule has 0 bridgehead atoms. The molecule has 4 nitrogen and oxygen atoms in total. The summed E-state index contributed by atoms with van der Waals surface area (Å²) in [6, 6.07) is 8.73. The molecule has 2 N–H and O–H groups in total. The van der Waals surface area contributed by atoms with Crippen LogP contribution in [-0.2, 0) is 23.8 Å². The molecule has 154 valence electrons. The Labute approximate surface area is 176 Å². The molecular weight excluding hydrogens is 401 g/mol. The molecule has 0 saturated heterocycles. The van der Waals surface area contributed by atoms with Gasteiger partial charge in [0.25, 0.3) is 0 Å². The molecule has 1 aliphatic rings. The van der Waals surface area contributed by atoms with E-state index in [0.29, 0.717) is 6.42 Å². The number of fused-ring (bicyclic) bond motifs is 3. The second-order valence-electron chi connectivity index (χ2n) is 8.15. The van der Waals surface area contributed by atoms with Crippen LogP contribution in [0.2, 0.25) is 0 Å². The predicted molar refractivity (Wildman–Crippen MR) is 121 cm³/mol. The van der Waals surface area contributed by atoms with Crippen LogP contribution < -0.4 is 0 Å². The summed E-state index contributed by atoms with van der Waals surface area (Å²) in [6.45, 7) is 4.18. The minimum atomic E-state index is -3.93. The van der Waals surface area contributed by atoms with Gasteiger partial charge in [-0.2, -0.15) is 0 Å². The molecule has 2 aromatic heterocycles. The summed E-state index contributed by atoms with van der Waals surface area (Å²) in [6.07, 6.45) is 6.79. The Morgan fingerprint density at radius 2 is 1.79 bits per heavy atom. The molecule has 0 aliphatic heterocycles. The minimum Gasteiger partial charge on any atom is -0.324 e. The van der Waals surface area contributed by atoms with E-state index in [-0.39, 0.29) is 6.16 Å². The van der Waals surface area contributed by atoms with Crippen molar-refractivity contribution in [2.24, 2.45) is 0 Å². The third-order valence-electron chi connectivity index (χ3n) is 5.88. The molecule has 1 aromatic carbocycles. The highest BCUT2D eigenvalue weighted by Crippen LogP contribution is 2.43. The van der Waals surface area contributed by atoms with Gasteiger partial charge in [-0.15, -0.1) is 11.3 Å². The fraction of sp³-hybridized carbons (Fsp3) is 0.435. The average Bonchev–Trinajstić information content (AvgIpc) is 3.03. The maximum absolute atomic E-state index is 11.2. The number of hydrogen-bond acceptors (Lipinski definition) is 3. The molecular formula is C23H28NO3PS. The Bertz CT molecular complexity index is 1080. The van der Waals surface area contributed by atoms with Crippen molar-refractivity contribution in [3.63, 3.8) is 0 Å². The minimum absolute atomic E-state index is 0.0462. The normalized spacial score (nSPS) is 14.3. The summed E-state index contributed by atoms with van der Waals surface area (Å²) in [5.41, 5.74) is 7.52. The van der Waals surface area contributed by atoms with E-state index in [1.54, 1.807) is 0 Å². The zero-order chi connectivity index (χ0) is 20.6. The lowest BCUT2D eigenvalue weighted by molar-refractivity contribution is 0.371. The number of unbranched alkanes of at least 4 members (excludes halogenated alkanes) is 1. The summed E-state index contributed by atoms with van der Waals surface area (Å²) in [5.74, 6) is 0. The highest BCUT2D eigenvalue weighted by molar-refractivity contribution is 7.51. The quantitative estimate of drug-likeness (QED) is 0.375. The van der Waals surface area contributed by atoms with Crippen LogP contribution in [0.3, 0.4) is 0 Å². The smallest absolute Gasteiger partial charge is 0.324 e. The van der Waals surface area contributed by atoms with Gasteiger partial charge in [0, 0.05) is 22.1 Å². The van der Waals surface area contributed by atoms with Crippen molar-refractivity contribution in [1.82, 2.24) is 4.98 Å². The maximum Gasteiger partial charge on any atom is 0.325 e. The lowest BCUT2D eigenvalue weighted by Crippen LogP contribution is -2.02. The molecule has 1 aliphatic carbocycles. The van der Waals surface area contributed by atoms with Gasteiger partial charge in [0.05, 0.1) is 0 Å². The van der Waals surface area contributed by atoms with Crippen molar-refractivity contribution in [2.45, 2.75) is 58.8 Å². The Kier molecular flexibility index (Phi) is 5.94. The van der Waals surface area contributed by atoms with Crippen molar-refractivity contribution in [3.05, 3.63) is 51.5 Å². The largest absolute Gasteiger partial charge is 0.325 e. The van der Waals surface area contributed by atoms with E-state index >= 15 is 0 Å². The number of hydrogen-bond donors (Lipinski definition) is 2. The van der Waals surface area contributed by atoms with E-state index in [1.807, 2.05) is 11.3 Å².